The summed E-state index contributed by atoms with van der Waals surface area (Å²) in [6, 6.07) is 13.3. The number of urea groups is 1. The zero-order valence-electron chi connectivity index (χ0n) is 18.5. The molecule has 8 nitrogen and oxygen atoms in total. The highest BCUT2D eigenvalue weighted by molar-refractivity contribution is 5.95. The van der Waals surface area contributed by atoms with Crippen LogP contribution in [0.1, 0.15) is 41.4 Å². The van der Waals surface area contributed by atoms with E-state index >= 15 is 0 Å². The summed E-state index contributed by atoms with van der Waals surface area (Å²) in [7, 11) is 2.66. The van der Waals surface area contributed by atoms with E-state index in [0.29, 0.717) is 35.7 Å². The average molecular weight is 438 g/mol. The minimum absolute atomic E-state index is 0.265. The number of benzene rings is 2. The highest BCUT2D eigenvalue weighted by Crippen LogP contribution is 2.32. The molecule has 1 aliphatic rings. The molecule has 1 unspecified atom stereocenters. The van der Waals surface area contributed by atoms with Gasteiger partial charge < -0.3 is 19.5 Å². The molecule has 0 aliphatic carbocycles. The molecule has 0 aromatic heterocycles. The van der Waals surface area contributed by atoms with E-state index < -0.39 is 12.0 Å². The second-order valence-corrected chi connectivity index (χ2v) is 7.16. The molecular formula is C24H26N2O6. The van der Waals surface area contributed by atoms with Crippen LogP contribution in [0.3, 0.4) is 0 Å². The highest BCUT2D eigenvalue weighted by Gasteiger charge is 2.35. The minimum Gasteiger partial charge on any atom is -0.489 e. The van der Waals surface area contributed by atoms with Gasteiger partial charge in [-0.1, -0.05) is 24.3 Å². The summed E-state index contributed by atoms with van der Waals surface area (Å²) in [5.41, 5.74) is 3.08. The van der Waals surface area contributed by atoms with Crippen molar-refractivity contribution in [3.8, 4) is 5.75 Å². The van der Waals surface area contributed by atoms with Crippen LogP contribution in [0, 0.1) is 0 Å². The van der Waals surface area contributed by atoms with E-state index in [4.69, 9.17) is 14.2 Å². The first-order valence-corrected chi connectivity index (χ1v) is 10.2. The second-order valence-electron chi connectivity index (χ2n) is 7.16. The number of ether oxygens (including phenoxy) is 3. The lowest BCUT2D eigenvalue weighted by atomic mass is 9.95. The summed E-state index contributed by atoms with van der Waals surface area (Å²) in [4.78, 5) is 37.9. The number of carbonyl (C=O) groups excluding carboxylic acids is 3. The number of amides is 2. The number of methoxy groups -OCH3 is 2. The van der Waals surface area contributed by atoms with Crippen LogP contribution >= 0.6 is 0 Å². The standard InChI is InChI=1S/C24H26N2O6/c1-5-26-15(2)20(23(28)31-4)21(25-24(26)29)17-10-12-19(13-11-17)32-14-16-6-8-18(9-7-16)22(27)30-3/h6-13,21H,5,14H2,1-4H3,(H,25,29). The maximum absolute atomic E-state index is 12.5. The van der Waals surface area contributed by atoms with Crippen molar-refractivity contribution in [2.24, 2.45) is 0 Å². The number of allylic oxidation sites excluding steroid dienone is 1. The Hall–Kier alpha value is -3.81. The molecule has 1 N–H and O–H groups in total. The van der Waals surface area contributed by atoms with E-state index in [2.05, 4.69) is 5.32 Å². The summed E-state index contributed by atoms with van der Waals surface area (Å²) in [5, 5.41) is 2.88. The molecule has 2 aromatic carbocycles. The fourth-order valence-corrected chi connectivity index (χ4v) is 3.56. The Morgan fingerprint density at radius 3 is 2.16 bits per heavy atom. The van der Waals surface area contributed by atoms with Crippen LogP contribution in [0.15, 0.2) is 59.8 Å². The van der Waals surface area contributed by atoms with Crippen molar-refractivity contribution in [3.05, 3.63) is 76.5 Å². The van der Waals surface area contributed by atoms with Crippen LogP contribution in [-0.4, -0.2) is 43.6 Å². The molecule has 3 rings (SSSR count). The molecule has 2 amide bonds. The van der Waals surface area contributed by atoms with Crippen molar-refractivity contribution in [1.29, 1.82) is 0 Å². The largest absolute Gasteiger partial charge is 0.489 e. The Morgan fingerprint density at radius 2 is 1.59 bits per heavy atom. The predicted octanol–water partition coefficient (Wildman–Crippen LogP) is 3.59. The molecule has 8 heteroatoms. The van der Waals surface area contributed by atoms with Gasteiger partial charge in [0, 0.05) is 12.2 Å². The van der Waals surface area contributed by atoms with Crippen LogP contribution in [0.2, 0.25) is 0 Å². The van der Waals surface area contributed by atoms with Crippen LogP contribution in [-0.2, 0) is 20.9 Å². The molecule has 32 heavy (non-hydrogen) atoms. The van der Waals surface area contributed by atoms with Gasteiger partial charge in [0.15, 0.2) is 0 Å². The van der Waals surface area contributed by atoms with E-state index in [1.54, 1.807) is 55.5 Å². The van der Waals surface area contributed by atoms with E-state index in [1.165, 1.54) is 19.1 Å². The van der Waals surface area contributed by atoms with Gasteiger partial charge in [-0.2, -0.15) is 0 Å². The van der Waals surface area contributed by atoms with Crippen LogP contribution in [0.5, 0.6) is 5.75 Å². The van der Waals surface area contributed by atoms with Gasteiger partial charge in [0.25, 0.3) is 0 Å². The number of nitrogens with one attached hydrogen (secondary N) is 1. The predicted molar refractivity (Wildman–Crippen MR) is 117 cm³/mol. The normalized spacial score (nSPS) is 15.8. The molecule has 1 atom stereocenters. The number of nitrogens with zero attached hydrogens (tertiary/aromatic N) is 1. The first-order chi connectivity index (χ1) is 15.4. The zero-order chi connectivity index (χ0) is 23.3. The Morgan fingerprint density at radius 1 is 0.969 bits per heavy atom. The summed E-state index contributed by atoms with van der Waals surface area (Å²) in [5.74, 6) is -0.245. The lowest BCUT2D eigenvalue weighted by Crippen LogP contribution is -2.47. The molecule has 168 valence electrons. The lowest BCUT2D eigenvalue weighted by molar-refractivity contribution is -0.136. The monoisotopic (exact) mass is 438 g/mol. The molecule has 0 radical (unpaired) electrons. The van der Waals surface area contributed by atoms with E-state index in [1.807, 2.05) is 6.92 Å². The van der Waals surface area contributed by atoms with Crippen molar-refractivity contribution in [3.63, 3.8) is 0 Å². The lowest BCUT2D eigenvalue weighted by Gasteiger charge is -2.34. The number of carbonyl (C=O) groups is 3. The Labute approximate surface area is 186 Å². The van der Waals surface area contributed by atoms with Gasteiger partial charge in [-0.25, -0.2) is 14.4 Å². The first-order valence-electron chi connectivity index (χ1n) is 10.2. The van der Waals surface area contributed by atoms with Crippen LogP contribution < -0.4 is 10.1 Å². The smallest absolute Gasteiger partial charge is 0.337 e. The number of hydrogen-bond acceptors (Lipinski definition) is 6. The molecule has 1 aliphatic heterocycles. The molecule has 0 saturated heterocycles. The van der Waals surface area contributed by atoms with Crippen molar-refractivity contribution in [2.45, 2.75) is 26.5 Å². The number of rotatable bonds is 7. The fraction of sp³-hybridized carbons (Fsp3) is 0.292. The summed E-state index contributed by atoms with van der Waals surface area (Å²) >= 11 is 0. The van der Waals surface area contributed by atoms with Crippen LogP contribution in [0.25, 0.3) is 0 Å². The van der Waals surface area contributed by atoms with Crippen molar-refractivity contribution < 1.29 is 28.6 Å². The Bertz CT molecular complexity index is 1030. The fourth-order valence-electron chi connectivity index (χ4n) is 3.56. The highest BCUT2D eigenvalue weighted by atomic mass is 16.5. The SMILES string of the molecule is CCN1C(=O)NC(c2ccc(OCc3ccc(C(=O)OC)cc3)cc2)C(C(=O)OC)=C1C. The topological polar surface area (TPSA) is 94.2 Å². The van der Waals surface area contributed by atoms with Crippen molar-refractivity contribution in [1.82, 2.24) is 10.2 Å². The third kappa shape index (κ3) is 4.74. The molecule has 0 fully saturated rings. The quantitative estimate of drug-likeness (QED) is 0.664. The van der Waals surface area contributed by atoms with Gasteiger partial charge in [0.1, 0.15) is 12.4 Å². The van der Waals surface area contributed by atoms with E-state index in [0.717, 1.165) is 11.1 Å². The zero-order valence-corrected chi connectivity index (χ0v) is 18.5. The second kappa shape index (κ2) is 10.00. The van der Waals surface area contributed by atoms with E-state index in [9.17, 15) is 14.4 Å². The molecule has 1 heterocycles. The third-order valence-electron chi connectivity index (χ3n) is 5.31. The third-order valence-corrected chi connectivity index (χ3v) is 5.31. The Kier molecular flexibility index (Phi) is 7.14. The molecule has 0 spiro atoms. The van der Waals surface area contributed by atoms with Gasteiger partial charge in [-0.05, 0) is 49.2 Å². The average Bonchev–Trinajstić information content (AvgIpc) is 2.82. The molecule has 2 aromatic rings. The molecular weight excluding hydrogens is 412 g/mol. The van der Waals surface area contributed by atoms with Crippen molar-refractivity contribution >= 4 is 18.0 Å². The minimum atomic E-state index is -0.613. The van der Waals surface area contributed by atoms with Crippen molar-refractivity contribution in [2.75, 3.05) is 20.8 Å². The van der Waals surface area contributed by atoms with Gasteiger partial charge >= 0.3 is 18.0 Å². The van der Waals surface area contributed by atoms with E-state index in [-0.39, 0.29) is 12.0 Å². The maximum Gasteiger partial charge on any atom is 0.337 e. The summed E-state index contributed by atoms with van der Waals surface area (Å²) < 4.78 is 15.5. The maximum atomic E-state index is 12.5. The molecule has 0 saturated carbocycles. The Balaban J connectivity index is 1.74. The van der Waals surface area contributed by atoms with Crippen LogP contribution in [0.4, 0.5) is 4.79 Å². The van der Waals surface area contributed by atoms with Gasteiger partial charge in [0.05, 0.1) is 31.4 Å². The molecule has 0 bridgehead atoms. The van der Waals surface area contributed by atoms with Gasteiger partial charge in [-0.3, -0.25) is 4.90 Å². The number of hydrogen-bond donors (Lipinski definition) is 1. The first kappa shape index (κ1) is 22.9. The van der Waals surface area contributed by atoms with Gasteiger partial charge in [-0.15, -0.1) is 0 Å². The summed E-state index contributed by atoms with van der Waals surface area (Å²) in [6.07, 6.45) is 0. The summed E-state index contributed by atoms with van der Waals surface area (Å²) in [6.45, 7) is 4.34. The van der Waals surface area contributed by atoms with Gasteiger partial charge in [0.2, 0.25) is 0 Å². The number of esters is 2.